The third kappa shape index (κ3) is 6.85. The van der Waals surface area contributed by atoms with Crippen molar-refractivity contribution in [3.8, 4) is 17.1 Å². The van der Waals surface area contributed by atoms with Crippen molar-refractivity contribution in [3.05, 3.63) is 74.9 Å². The molecule has 0 fully saturated rings. The SMILES string of the molecule is CC(C)(C)[Si](C)(C)O[C@@H](Cn1c(-c2ccc(Cl)cc2)nn(Cc2nc(N)n(-c3cccc(Cl)c3)n2)c1=O)C(F)(F)F. The van der Waals surface area contributed by atoms with Crippen molar-refractivity contribution in [1.29, 1.82) is 0 Å². The van der Waals surface area contributed by atoms with Gasteiger partial charge in [-0.25, -0.2) is 9.48 Å². The Balaban J connectivity index is 1.76. The number of nitrogens with zero attached hydrogens (tertiary/aromatic N) is 6. The highest BCUT2D eigenvalue weighted by molar-refractivity contribution is 6.74. The zero-order valence-electron chi connectivity index (χ0n) is 23.1. The Hall–Kier alpha value is -3.13. The van der Waals surface area contributed by atoms with Gasteiger partial charge in [0.05, 0.1) is 12.2 Å². The Bertz CT molecular complexity index is 1590. The second kappa shape index (κ2) is 11.3. The highest BCUT2D eigenvalue weighted by Gasteiger charge is 2.48. The smallest absolute Gasteiger partial charge is 0.404 e. The molecule has 0 radical (unpaired) electrons. The lowest BCUT2D eigenvalue weighted by molar-refractivity contribution is -0.202. The first-order valence-corrected chi connectivity index (χ1v) is 16.3. The number of alkyl halides is 3. The number of aromatic nitrogens is 6. The maximum absolute atomic E-state index is 14.3. The van der Waals surface area contributed by atoms with Gasteiger partial charge < -0.3 is 10.2 Å². The van der Waals surface area contributed by atoms with Gasteiger partial charge in [-0.2, -0.15) is 22.8 Å². The maximum atomic E-state index is 14.3. The fourth-order valence-corrected chi connectivity index (χ4v) is 5.38. The van der Waals surface area contributed by atoms with Gasteiger partial charge in [0, 0.05) is 15.6 Å². The molecule has 0 aliphatic rings. The summed E-state index contributed by atoms with van der Waals surface area (Å²) in [4.78, 5) is 17.8. The van der Waals surface area contributed by atoms with Crippen molar-refractivity contribution >= 4 is 37.5 Å². The predicted molar refractivity (Wildman–Crippen MR) is 155 cm³/mol. The molecule has 0 aliphatic carbocycles. The van der Waals surface area contributed by atoms with Crippen molar-refractivity contribution in [2.45, 2.75) is 64.3 Å². The number of anilines is 1. The molecule has 15 heteroatoms. The van der Waals surface area contributed by atoms with Crippen molar-refractivity contribution in [3.63, 3.8) is 0 Å². The summed E-state index contributed by atoms with van der Waals surface area (Å²) in [7, 11) is -2.87. The summed E-state index contributed by atoms with van der Waals surface area (Å²) >= 11 is 12.1. The van der Waals surface area contributed by atoms with E-state index in [0.717, 1.165) is 9.25 Å². The van der Waals surface area contributed by atoms with Crippen LogP contribution in [0.3, 0.4) is 0 Å². The standard InChI is InChI=1S/C26H30Cl2F3N7O2Si/c1-25(2,3)41(4,5)40-20(26(29,30)31)14-36-22(16-9-11-17(27)12-10-16)35-37(24(36)39)15-21-33-23(32)38(34-21)19-8-6-7-18(28)13-19/h6-13,20H,14-15H2,1-5H3,(H2,32,33,34)/t20-/m0/s1. The van der Waals surface area contributed by atoms with Gasteiger partial charge in [-0.15, -0.1) is 10.2 Å². The Morgan fingerprint density at radius 3 is 2.27 bits per heavy atom. The first kappa shape index (κ1) is 30.8. The summed E-state index contributed by atoms with van der Waals surface area (Å²) in [5.74, 6) is 0.177. The molecule has 4 rings (SSSR count). The summed E-state index contributed by atoms with van der Waals surface area (Å²) in [6.07, 6.45) is -6.97. The molecule has 0 aliphatic heterocycles. The molecule has 0 amide bonds. The second-order valence-corrected chi connectivity index (χ2v) is 16.7. The highest BCUT2D eigenvalue weighted by Crippen LogP contribution is 2.40. The maximum Gasteiger partial charge on any atom is 0.415 e. The van der Waals surface area contributed by atoms with E-state index in [9.17, 15) is 18.0 Å². The normalized spacial score (nSPS) is 13.5. The van der Waals surface area contributed by atoms with E-state index in [4.69, 9.17) is 33.4 Å². The zero-order valence-corrected chi connectivity index (χ0v) is 25.6. The van der Waals surface area contributed by atoms with Crippen molar-refractivity contribution in [2.75, 3.05) is 5.73 Å². The van der Waals surface area contributed by atoms with E-state index in [1.165, 1.54) is 4.68 Å². The Morgan fingerprint density at radius 2 is 1.68 bits per heavy atom. The lowest BCUT2D eigenvalue weighted by atomic mass is 10.2. The van der Waals surface area contributed by atoms with E-state index in [0.29, 0.717) is 21.3 Å². The largest absolute Gasteiger partial charge is 0.415 e. The van der Waals surface area contributed by atoms with Crippen molar-refractivity contribution in [2.24, 2.45) is 0 Å². The van der Waals surface area contributed by atoms with Crippen LogP contribution in [0.5, 0.6) is 0 Å². The Kier molecular flexibility index (Phi) is 8.47. The third-order valence-corrected chi connectivity index (χ3v) is 12.0. The molecule has 41 heavy (non-hydrogen) atoms. The molecular formula is C26H30Cl2F3N7O2Si. The van der Waals surface area contributed by atoms with Gasteiger partial charge in [0.2, 0.25) is 5.95 Å². The van der Waals surface area contributed by atoms with Crippen molar-refractivity contribution in [1.82, 2.24) is 29.1 Å². The lowest BCUT2D eigenvalue weighted by Crippen LogP contribution is -2.50. The molecule has 0 saturated carbocycles. The molecule has 2 heterocycles. The van der Waals surface area contributed by atoms with E-state index >= 15 is 0 Å². The third-order valence-electron chi connectivity index (χ3n) is 7.00. The van der Waals surface area contributed by atoms with Crippen LogP contribution in [0.1, 0.15) is 26.6 Å². The number of halogens is 5. The molecule has 0 bridgehead atoms. The minimum absolute atomic E-state index is 0.0157. The first-order valence-electron chi connectivity index (χ1n) is 12.6. The van der Waals surface area contributed by atoms with E-state index in [-0.39, 0.29) is 24.1 Å². The average molecular weight is 629 g/mol. The summed E-state index contributed by atoms with van der Waals surface area (Å²) in [6.45, 7) is 7.95. The number of nitrogen functional groups attached to an aromatic ring is 1. The van der Waals surface area contributed by atoms with Gasteiger partial charge in [-0.1, -0.05) is 50.0 Å². The zero-order chi connectivity index (χ0) is 30.3. The summed E-state index contributed by atoms with van der Waals surface area (Å²) in [5.41, 5.74) is 6.20. The topological polar surface area (TPSA) is 106 Å². The van der Waals surface area contributed by atoms with Crippen LogP contribution in [0.4, 0.5) is 19.1 Å². The van der Waals surface area contributed by atoms with Crippen LogP contribution in [0.15, 0.2) is 53.3 Å². The van der Waals surface area contributed by atoms with Crippen LogP contribution in [0.25, 0.3) is 17.1 Å². The summed E-state index contributed by atoms with van der Waals surface area (Å²) in [5, 5.41) is 9.12. The fourth-order valence-electron chi connectivity index (χ4n) is 3.79. The predicted octanol–water partition coefficient (Wildman–Crippen LogP) is 6.18. The minimum Gasteiger partial charge on any atom is -0.404 e. The molecular weight excluding hydrogens is 598 g/mol. The molecule has 0 unspecified atom stereocenters. The minimum atomic E-state index is -4.74. The number of hydrogen-bond acceptors (Lipinski definition) is 6. The lowest BCUT2D eigenvalue weighted by Gasteiger charge is -2.39. The highest BCUT2D eigenvalue weighted by atomic mass is 35.5. The molecule has 2 aromatic heterocycles. The number of nitrogens with two attached hydrogens (primary N) is 1. The average Bonchev–Trinajstić information content (AvgIpc) is 3.37. The van der Waals surface area contributed by atoms with Crippen LogP contribution < -0.4 is 11.4 Å². The Morgan fingerprint density at radius 1 is 1.02 bits per heavy atom. The number of hydrogen-bond donors (Lipinski definition) is 1. The van der Waals surface area contributed by atoms with E-state index in [1.807, 2.05) is 20.8 Å². The van der Waals surface area contributed by atoms with Crippen LogP contribution in [-0.4, -0.2) is 49.7 Å². The van der Waals surface area contributed by atoms with Gasteiger partial charge in [0.1, 0.15) is 6.54 Å². The molecule has 2 N–H and O–H groups in total. The molecule has 9 nitrogen and oxygen atoms in total. The summed E-state index contributed by atoms with van der Waals surface area (Å²) < 4.78 is 52.1. The monoisotopic (exact) mass is 627 g/mol. The van der Waals surface area contributed by atoms with E-state index < -0.39 is 37.9 Å². The molecule has 0 spiro atoms. The van der Waals surface area contributed by atoms with Gasteiger partial charge in [-0.3, -0.25) is 4.57 Å². The number of benzene rings is 2. The van der Waals surface area contributed by atoms with Gasteiger partial charge in [-0.05, 0) is 60.6 Å². The number of rotatable bonds is 8. The molecule has 1 atom stereocenters. The quantitative estimate of drug-likeness (QED) is 0.234. The van der Waals surface area contributed by atoms with Crippen LogP contribution >= 0.6 is 23.2 Å². The molecule has 4 aromatic rings. The Labute approximate surface area is 245 Å². The summed E-state index contributed by atoms with van der Waals surface area (Å²) in [6, 6.07) is 13.0. The van der Waals surface area contributed by atoms with Gasteiger partial charge in [0.15, 0.2) is 26.1 Å². The second-order valence-electron chi connectivity index (χ2n) is 11.1. The van der Waals surface area contributed by atoms with Crippen LogP contribution in [0, 0.1) is 0 Å². The first-order chi connectivity index (χ1) is 19.0. The van der Waals surface area contributed by atoms with Crippen LogP contribution in [0.2, 0.25) is 28.2 Å². The van der Waals surface area contributed by atoms with E-state index in [2.05, 4.69) is 15.2 Å². The van der Waals surface area contributed by atoms with Crippen LogP contribution in [-0.2, 0) is 17.5 Å². The van der Waals surface area contributed by atoms with Gasteiger partial charge in [0.25, 0.3) is 0 Å². The van der Waals surface area contributed by atoms with E-state index in [1.54, 1.807) is 61.6 Å². The molecule has 0 saturated heterocycles. The molecule has 220 valence electrons. The molecule has 2 aromatic carbocycles. The van der Waals surface area contributed by atoms with Gasteiger partial charge >= 0.3 is 11.9 Å². The van der Waals surface area contributed by atoms with Crippen molar-refractivity contribution < 1.29 is 17.6 Å². The fraction of sp³-hybridized carbons (Fsp3) is 0.385.